The van der Waals surface area contributed by atoms with Crippen LogP contribution in [-0.4, -0.2) is 9.97 Å². The second-order valence-corrected chi connectivity index (χ2v) is 6.31. The molecule has 0 atom stereocenters. The normalized spacial score (nSPS) is 12.4. The Balaban J connectivity index is 2.02. The average molecular weight is 317 g/mol. The third kappa shape index (κ3) is 2.22. The van der Waals surface area contributed by atoms with Gasteiger partial charge in [0.25, 0.3) is 0 Å². The zero-order valence-electron chi connectivity index (χ0n) is 14.3. The van der Waals surface area contributed by atoms with Crippen molar-refractivity contribution < 1.29 is 4.74 Å². The first kappa shape index (κ1) is 14.7. The summed E-state index contributed by atoms with van der Waals surface area (Å²) < 4.78 is 6.02. The Morgan fingerprint density at radius 1 is 0.917 bits per heavy atom. The lowest BCUT2D eigenvalue weighted by molar-refractivity contribution is 0.455. The molecule has 0 fully saturated rings. The number of anilines is 3. The third-order valence-electron chi connectivity index (χ3n) is 4.29. The van der Waals surface area contributed by atoms with Crippen LogP contribution < -0.4 is 9.64 Å². The molecule has 1 aliphatic heterocycles. The number of aryl methyl sites for hydroxylation is 4. The number of hydrogen-bond acceptors (Lipinski definition) is 4. The molecule has 0 aliphatic carbocycles. The van der Waals surface area contributed by atoms with Crippen LogP contribution in [0, 0.1) is 27.7 Å². The van der Waals surface area contributed by atoms with Crippen LogP contribution in [0.5, 0.6) is 11.6 Å². The molecular formula is C20H19N3O. The van der Waals surface area contributed by atoms with Gasteiger partial charge in [-0.2, -0.15) is 0 Å². The van der Waals surface area contributed by atoms with Crippen molar-refractivity contribution in [2.24, 2.45) is 0 Å². The van der Waals surface area contributed by atoms with Gasteiger partial charge in [0, 0.05) is 18.0 Å². The van der Waals surface area contributed by atoms with Crippen LogP contribution in [0.3, 0.4) is 0 Å². The molecule has 24 heavy (non-hydrogen) atoms. The number of ether oxygens (including phenoxy) is 1. The van der Waals surface area contributed by atoms with Crippen molar-refractivity contribution in [1.82, 2.24) is 9.97 Å². The lowest BCUT2D eigenvalue weighted by Gasteiger charge is -2.33. The molecule has 0 amide bonds. The summed E-state index contributed by atoms with van der Waals surface area (Å²) in [4.78, 5) is 11.1. The van der Waals surface area contributed by atoms with E-state index in [2.05, 4.69) is 53.8 Å². The molecular weight excluding hydrogens is 298 g/mol. The Morgan fingerprint density at radius 3 is 2.42 bits per heavy atom. The first-order chi connectivity index (χ1) is 11.5. The number of rotatable bonds is 1. The summed E-state index contributed by atoms with van der Waals surface area (Å²) in [5.74, 6) is 1.41. The largest absolute Gasteiger partial charge is 0.435 e. The number of pyridine rings is 2. The highest BCUT2D eigenvalue weighted by Gasteiger charge is 2.29. The van der Waals surface area contributed by atoms with E-state index in [1.54, 1.807) is 6.20 Å². The van der Waals surface area contributed by atoms with Crippen molar-refractivity contribution in [2.75, 3.05) is 4.90 Å². The number of hydrogen-bond donors (Lipinski definition) is 0. The second kappa shape index (κ2) is 5.34. The van der Waals surface area contributed by atoms with Gasteiger partial charge in [-0.25, -0.2) is 4.98 Å². The maximum absolute atomic E-state index is 6.02. The lowest BCUT2D eigenvalue weighted by atomic mass is 10.0. The van der Waals surface area contributed by atoms with Gasteiger partial charge in [-0.05, 0) is 51.0 Å². The standard InChI is InChI=1S/C20H19N3O/c1-12-9-13(2)19(14(3)10-12)23-16-6-5-15(4)22-20(16)24-18-7-8-21-11-17(18)23/h5-11H,1-4H3. The predicted octanol–water partition coefficient (Wildman–Crippen LogP) is 5.29. The third-order valence-corrected chi connectivity index (χ3v) is 4.29. The fourth-order valence-electron chi connectivity index (χ4n) is 3.40. The molecule has 120 valence electrons. The molecule has 0 bridgehead atoms. The molecule has 0 N–H and O–H groups in total. The smallest absolute Gasteiger partial charge is 0.244 e. The zero-order chi connectivity index (χ0) is 16.8. The predicted molar refractivity (Wildman–Crippen MR) is 95.7 cm³/mol. The second-order valence-electron chi connectivity index (χ2n) is 6.31. The Kier molecular flexibility index (Phi) is 3.27. The first-order valence-corrected chi connectivity index (χ1v) is 8.02. The Hall–Kier alpha value is -2.88. The minimum Gasteiger partial charge on any atom is -0.435 e. The summed E-state index contributed by atoms with van der Waals surface area (Å²) in [7, 11) is 0. The number of nitrogens with zero attached hydrogens (tertiary/aromatic N) is 3. The van der Waals surface area contributed by atoms with Gasteiger partial charge in [-0.3, -0.25) is 4.98 Å². The highest BCUT2D eigenvalue weighted by molar-refractivity contribution is 5.87. The first-order valence-electron chi connectivity index (χ1n) is 8.02. The minimum atomic E-state index is 0.632. The average Bonchev–Trinajstić information content (AvgIpc) is 2.53. The van der Waals surface area contributed by atoms with Crippen LogP contribution in [0.4, 0.5) is 17.1 Å². The van der Waals surface area contributed by atoms with Crippen molar-refractivity contribution >= 4 is 17.1 Å². The molecule has 4 nitrogen and oxygen atoms in total. The molecule has 3 heterocycles. The number of aromatic nitrogens is 2. The van der Waals surface area contributed by atoms with Gasteiger partial charge in [0.15, 0.2) is 5.75 Å². The molecule has 2 aromatic heterocycles. The van der Waals surface area contributed by atoms with E-state index in [0.29, 0.717) is 5.88 Å². The molecule has 4 heteroatoms. The van der Waals surface area contributed by atoms with Gasteiger partial charge in [0.2, 0.25) is 5.88 Å². The fraction of sp³-hybridized carbons (Fsp3) is 0.200. The molecule has 1 aliphatic rings. The van der Waals surface area contributed by atoms with E-state index in [1.165, 1.54) is 16.7 Å². The maximum Gasteiger partial charge on any atom is 0.244 e. The van der Waals surface area contributed by atoms with E-state index in [1.807, 2.05) is 25.3 Å². The van der Waals surface area contributed by atoms with E-state index in [4.69, 9.17) is 4.74 Å². The molecule has 0 spiro atoms. The van der Waals surface area contributed by atoms with Crippen molar-refractivity contribution in [2.45, 2.75) is 27.7 Å². The Labute approximate surface area is 141 Å². The summed E-state index contributed by atoms with van der Waals surface area (Å²) in [5, 5.41) is 0. The van der Waals surface area contributed by atoms with Crippen LogP contribution in [0.25, 0.3) is 0 Å². The van der Waals surface area contributed by atoms with Gasteiger partial charge >= 0.3 is 0 Å². The van der Waals surface area contributed by atoms with Crippen molar-refractivity contribution in [3.8, 4) is 11.6 Å². The molecule has 0 radical (unpaired) electrons. The Morgan fingerprint density at radius 2 is 1.67 bits per heavy atom. The van der Waals surface area contributed by atoms with Crippen LogP contribution in [0.15, 0.2) is 42.7 Å². The topological polar surface area (TPSA) is 38.2 Å². The van der Waals surface area contributed by atoms with Crippen molar-refractivity contribution in [3.05, 3.63) is 65.1 Å². The quantitative estimate of drug-likeness (QED) is 0.478. The number of fused-ring (bicyclic) bond motifs is 2. The molecule has 0 saturated heterocycles. The molecule has 0 saturated carbocycles. The van der Waals surface area contributed by atoms with E-state index in [9.17, 15) is 0 Å². The van der Waals surface area contributed by atoms with Gasteiger partial charge in [0.1, 0.15) is 11.4 Å². The van der Waals surface area contributed by atoms with Crippen LogP contribution in [-0.2, 0) is 0 Å². The van der Waals surface area contributed by atoms with Gasteiger partial charge in [-0.1, -0.05) is 17.7 Å². The monoisotopic (exact) mass is 317 g/mol. The summed E-state index contributed by atoms with van der Waals surface area (Å²) >= 11 is 0. The fourth-order valence-corrected chi connectivity index (χ4v) is 3.40. The lowest BCUT2D eigenvalue weighted by Crippen LogP contribution is -2.19. The van der Waals surface area contributed by atoms with Crippen LogP contribution >= 0.6 is 0 Å². The van der Waals surface area contributed by atoms with Gasteiger partial charge in [-0.15, -0.1) is 0 Å². The minimum absolute atomic E-state index is 0.632. The van der Waals surface area contributed by atoms with E-state index >= 15 is 0 Å². The maximum atomic E-state index is 6.02. The molecule has 0 unspecified atom stereocenters. The van der Waals surface area contributed by atoms with Gasteiger partial charge < -0.3 is 9.64 Å². The van der Waals surface area contributed by atoms with Gasteiger partial charge in [0.05, 0.1) is 11.9 Å². The van der Waals surface area contributed by atoms with Crippen molar-refractivity contribution in [1.29, 1.82) is 0 Å². The SMILES string of the molecule is Cc1cc(C)c(N2c3cnccc3Oc3nc(C)ccc32)c(C)c1. The van der Waals surface area contributed by atoms with Crippen LogP contribution in [0.2, 0.25) is 0 Å². The number of benzene rings is 1. The van der Waals surface area contributed by atoms with E-state index < -0.39 is 0 Å². The van der Waals surface area contributed by atoms with Crippen LogP contribution in [0.1, 0.15) is 22.4 Å². The molecule has 1 aromatic carbocycles. The summed E-state index contributed by atoms with van der Waals surface area (Å²) in [5.41, 5.74) is 7.66. The summed E-state index contributed by atoms with van der Waals surface area (Å²) in [6.45, 7) is 8.38. The van der Waals surface area contributed by atoms with Crippen molar-refractivity contribution in [3.63, 3.8) is 0 Å². The Bertz CT molecular complexity index is 926. The van der Waals surface area contributed by atoms with E-state index in [-0.39, 0.29) is 0 Å². The summed E-state index contributed by atoms with van der Waals surface area (Å²) in [6, 6.07) is 10.4. The molecule has 3 aromatic rings. The highest BCUT2D eigenvalue weighted by atomic mass is 16.5. The zero-order valence-corrected chi connectivity index (χ0v) is 14.3. The summed E-state index contributed by atoms with van der Waals surface area (Å²) in [6.07, 6.45) is 3.59. The molecule has 4 rings (SSSR count). The van der Waals surface area contributed by atoms with E-state index in [0.717, 1.165) is 28.5 Å². The highest BCUT2D eigenvalue weighted by Crippen LogP contribution is 2.50.